The van der Waals surface area contributed by atoms with E-state index in [-0.39, 0.29) is 11.4 Å². The highest BCUT2D eigenvalue weighted by Gasteiger charge is 2.19. The molecular formula is C11H13N3O5. The molecule has 0 heterocycles. The molecule has 0 fully saturated rings. The van der Waals surface area contributed by atoms with Gasteiger partial charge in [-0.3, -0.25) is 14.9 Å². The number of hydrogen-bond donors (Lipinski definition) is 3. The summed E-state index contributed by atoms with van der Waals surface area (Å²) in [5.74, 6) is -0.401. The third kappa shape index (κ3) is 3.75. The minimum atomic E-state index is -0.885. The van der Waals surface area contributed by atoms with Gasteiger partial charge in [0.25, 0.3) is 5.69 Å². The van der Waals surface area contributed by atoms with E-state index < -0.39 is 23.5 Å². The molecule has 1 atom stereocenters. The molecule has 1 amide bonds. The first-order chi connectivity index (χ1) is 8.99. The van der Waals surface area contributed by atoms with E-state index >= 15 is 0 Å². The molecule has 0 aliphatic carbocycles. The summed E-state index contributed by atoms with van der Waals surface area (Å²) in [6.45, 7) is 0.795. The van der Waals surface area contributed by atoms with Crippen LogP contribution < -0.4 is 5.32 Å². The monoisotopic (exact) mass is 267 g/mol. The van der Waals surface area contributed by atoms with Gasteiger partial charge in [-0.15, -0.1) is 0 Å². The minimum Gasteiger partial charge on any atom is -0.411 e. The van der Waals surface area contributed by atoms with Crippen molar-refractivity contribution < 1.29 is 20.0 Å². The van der Waals surface area contributed by atoms with Crippen molar-refractivity contribution in [2.24, 2.45) is 5.16 Å². The number of benzene rings is 1. The first-order valence-electron chi connectivity index (χ1n) is 5.34. The lowest BCUT2D eigenvalue weighted by Crippen LogP contribution is -2.42. The van der Waals surface area contributed by atoms with Crippen LogP contribution in [0.1, 0.15) is 12.5 Å². The van der Waals surface area contributed by atoms with E-state index in [0.29, 0.717) is 5.56 Å². The number of nitrogens with one attached hydrogen (secondary N) is 1. The van der Waals surface area contributed by atoms with Crippen LogP contribution in [-0.4, -0.2) is 39.5 Å². The average molecular weight is 267 g/mol. The van der Waals surface area contributed by atoms with Crippen LogP contribution in [0.25, 0.3) is 0 Å². The van der Waals surface area contributed by atoms with E-state index in [0.717, 1.165) is 0 Å². The second-order valence-electron chi connectivity index (χ2n) is 3.72. The van der Waals surface area contributed by atoms with Crippen LogP contribution in [0.15, 0.2) is 29.4 Å². The fraction of sp³-hybridized carbons (Fsp3) is 0.273. The van der Waals surface area contributed by atoms with E-state index in [2.05, 4.69) is 10.5 Å². The van der Waals surface area contributed by atoms with Crippen molar-refractivity contribution in [1.29, 1.82) is 0 Å². The Bertz CT molecular complexity index is 498. The van der Waals surface area contributed by atoms with Crippen molar-refractivity contribution in [2.45, 2.75) is 13.0 Å². The van der Waals surface area contributed by atoms with Gasteiger partial charge in [-0.05, 0) is 12.1 Å². The average Bonchev–Trinajstić information content (AvgIpc) is 2.38. The topological polar surface area (TPSA) is 125 Å². The summed E-state index contributed by atoms with van der Waals surface area (Å²) in [5.41, 5.74) is 0.273. The molecule has 0 radical (unpaired) electrons. The number of amides is 1. The van der Waals surface area contributed by atoms with Crippen molar-refractivity contribution in [1.82, 2.24) is 5.32 Å². The number of nitro groups is 1. The summed E-state index contributed by atoms with van der Waals surface area (Å²) in [4.78, 5) is 20.9. The first kappa shape index (κ1) is 14.6. The molecular weight excluding hydrogens is 254 g/mol. The van der Waals surface area contributed by atoms with E-state index in [9.17, 15) is 14.9 Å². The van der Waals surface area contributed by atoms with Crippen LogP contribution in [0.2, 0.25) is 0 Å². The van der Waals surface area contributed by atoms with Gasteiger partial charge in [0.2, 0.25) is 5.91 Å². The molecule has 1 aromatic rings. The fourth-order valence-electron chi connectivity index (χ4n) is 1.53. The van der Waals surface area contributed by atoms with Crippen molar-refractivity contribution in [3.63, 3.8) is 0 Å². The lowest BCUT2D eigenvalue weighted by Gasteiger charge is -2.16. The highest BCUT2D eigenvalue weighted by Crippen LogP contribution is 2.13. The van der Waals surface area contributed by atoms with Crippen LogP contribution in [0.3, 0.4) is 0 Å². The molecule has 0 unspecified atom stereocenters. The number of carbonyl (C=O) groups excluding carboxylic acids is 1. The van der Waals surface area contributed by atoms with Crippen LogP contribution >= 0.6 is 0 Å². The van der Waals surface area contributed by atoms with Gasteiger partial charge in [-0.25, -0.2) is 0 Å². The molecule has 0 aliphatic heterocycles. The summed E-state index contributed by atoms with van der Waals surface area (Å²) < 4.78 is 0. The lowest BCUT2D eigenvalue weighted by atomic mass is 10.0. The Morgan fingerprint density at radius 1 is 1.47 bits per heavy atom. The number of rotatable bonds is 5. The van der Waals surface area contributed by atoms with E-state index in [1.54, 1.807) is 0 Å². The third-order valence-electron chi connectivity index (χ3n) is 2.37. The summed E-state index contributed by atoms with van der Waals surface area (Å²) in [7, 11) is 0. The number of aliphatic hydroxyl groups excluding tert-OH is 1. The van der Waals surface area contributed by atoms with Crippen LogP contribution in [-0.2, 0) is 4.79 Å². The molecule has 8 nitrogen and oxygen atoms in total. The fourth-order valence-corrected chi connectivity index (χ4v) is 1.53. The Labute approximate surface area is 108 Å². The van der Waals surface area contributed by atoms with Gasteiger partial charge in [0.1, 0.15) is 5.71 Å². The van der Waals surface area contributed by atoms with Crippen molar-refractivity contribution >= 4 is 17.3 Å². The Morgan fingerprint density at radius 2 is 2.05 bits per heavy atom. The molecule has 0 saturated heterocycles. The number of nitro benzene ring substituents is 1. The number of aliphatic hydroxyl groups is 1. The lowest BCUT2D eigenvalue weighted by molar-refractivity contribution is -0.384. The SMILES string of the molecule is CC(=O)N[C@H](CO)/C(=N\O)c1ccc([N+](=O)[O-])cc1. The number of carbonyl (C=O) groups is 1. The van der Waals surface area contributed by atoms with Gasteiger partial charge in [0.05, 0.1) is 17.6 Å². The van der Waals surface area contributed by atoms with Gasteiger partial charge >= 0.3 is 0 Å². The maximum atomic E-state index is 11.0. The zero-order chi connectivity index (χ0) is 14.4. The Balaban J connectivity index is 3.02. The quantitative estimate of drug-likeness (QED) is 0.305. The predicted molar refractivity (Wildman–Crippen MR) is 66.1 cm³/mol. The van der Waals surface area contributed by atoms with Crippen LogP contribution in [0.5, 0.6) is 0 Å². The Morgan fingerprint density at radius 3 is 2.42 bits per heavy atom. The highest BCUT2D eigenvalue weighted by atomic mass is 16.6. The van der Waals surface area contributed by atoms with Crippen LogP contribution in [0, 0.1) is 10.1 Å². The number of hydrogen-bond acceptors (Lipinski definition) is 6. The first-order valence-corrected chi connectivity index (χ1v) is 5.34. The predicted octanol–water partition coefficient (Wildman–Crippen LogP) is 0.270. The third-order valence-corrected chi connectivity index (χ3v) is 2.37. The molecule has 1 rings (SSSR count). The number of nitrogens with zero attached hydrogens (tertiary/aromatic N) is 2. The molecule has 0 saturated carbocycles. The smallest absolute Gasteiger partial charge is 0.269 e. The Kier molecular flexibility index (Phi) is 4.95. The van der Waals surface area contributed by atoms with Gasteiger partial charge in [-0.1, -0.05) is 5.16 Å². The van der Waals surface area contributed by atoms with E-state index in [1.807, 2.05) is 0 Å². The summed E-state index contributed by atoms with van der Waals surface area (Å²) in [6.07, 6.45) is 0. The van der Waals surface area contributed by atoms with Gasteiger partial charge in [-0.2, -0.15) is 0 Å². The highest BCUT2D eigenvalue weighted by molar-refractivity contribution is 6.05. The largest absolute Gasteiger partial charge is 0.411 e. The second kappa shape index (κ2) is 6.45. The molecule has 1 aromatic carbocycles. The van der Waals surface area contributed by atoms with Crippen molar-refractivity contribution in [3.05, 3.63) is 39.9 Å². The van der Waals surface area contributed by atoms with E-state index in [4.69, 9.17) is 10.3 Å². The van der Waals surface area contributed by atoms with Crippen molar-refractivity contribution in [3.8, 4) is 0 Å². The number of non-ortho nitro benzene ring substituents is 1. The van der Waals surface area contributed by atoms with Gasteiger partial charge < -0.3 is 15.6 Å². The van der Waals surface area contributed by atoms with Gasteiger partial charge in [0.15, 0.2) is 0 Å². The maximum absolute atomic E-state index is 11.0. The molecule has 0 aliphatic rings. The molecule has 102 valence electrons. The normalized spacial score (nSPS) is 12.8. The van der Waals surface area contributed by atoms with Gasteiger partial charge in [0, 0.05) is 24.6 Å². The zero-order valence-corrected chi connectivity index (χ0v) is 10.1. The molecule has 0 bridgehead atoms. The Hall–Kier alpha value is -2.48. The summed E-state index contributed by atoms with van der Waals surface area (Å²) in [6, 6.07) is 4.34. The standard InChI is InChI=1S/C11H13N3O5/c1-7(16)12-10(6-15)11(13-17)8-2-4-9(5-3-8)14(18)19/h2-5,10,15,17H,6H2,1H3,(H,12,16)/b13-11-/t10-/m1/s1. The summed E-state index contributed by atoms with van der Waals surface area (Å²) in [5, 5.41) is 34.1. The number of oxime groups is 1. The molecule has 0 aromatic heterocycles. The minimum absolute atomic E-state index is 0.0209. The van der Waals surface area contributed by atoms with E-state index in [1.165, 1.54) is 31.2 Å². The van der Waals surface area contributed by atoms with Crippen molar-refractivity contribution in [2.75, 3.05) is 6.61 Å². The molecule has 8 heteroatoms. The molecule has 0 spiro atoms. The summed E-state index contributed by atoms with van der Waals surface area (Å²) >= 11 is 0. The second-order valence-corrected chi connectivity index (χ2v) is 3.72. The maximum Gasteiger partial charge on any atom is 0.269 e. The molecule has 19 heavy (non-hydrogen) atoms. The zero-order valence-electron chi connectivity index (χ0n) is 10.1. The van der Waals surface area contributed by atoms with Crippen LogP contribution in [0.4, 0.5) is 5.69 Å². The molecule has 3 N–H and O–H groups in total.